The van der Waals surface area contributed by atoms with Gasteiger partial charge in [0.25, 0.3) is 0 Å². The van der Waals surface area contributed by atoms with E-state index in [4.69, 9.17) is 10.4 Å². The average molecular weight is 245 g/mol. The van der Waals surface area contributed by atoms with Crippen LogP contribution in [0.3, 0.4) is 0 Å². The maximum Gasteiger partial charge on any atom is 0.321 e. The third-order valence-electron chi connectivity index (χ3n) is 3.21. The summed E-state index contributed by atoms with van der Waals surface area (Å²) in [5, 5.41) is 17.8. The molecule has 1 aromatic rings. The van der Waals surface area contributed by atoms with E-state index < -0.39 is 11.9 Å². The van der Waals surface area contributed by atoms with Crippen molar-refractivity contribution in [2.75, 3.05) is 0 Å². The molecule has 0 fully saturated rings. The molecular formula is C15H19NO2. The Balaban J connectivity index is 2.99. The van der Waals surface area contributed by atoms with Crippen LogP contribution in [0.15, 0.2) is 24.3 Å². The SMILES string of the molecule is CC(c1ccc(C(C)(C)C)cc1)C(C#N)C(=O)O. The van der Waals surface area contributed by atoms with Crippen LogP contribution >= 0.6 is 0 Å². The molecule has 0 aliphatic rings. The summed E-state index contributed by atoms with van der Waals surface area (Å²) in [5.74, 6) is -2.36. The van der Waals surface area contributed by atoms with E-state index in [0.29, 0.717) is 0 Å². The summed E-state index contributed by atoms with van der Waals surface area (Å²) in [6, 6.07) is 9.68. The van der Waals surface area contributed by atoms with Crippen LogP contribution in [0.1, 0.15) is 44.7 Å². The van der Waals surface area contributed by atoms with Crippen molar-refractivity contribution in [3.05, 3.63) is 35.4 Å². The highest BCUT2D eigenvalue weighted by atomic mass is 16.4. The number of carboxylic acids is 1. The lowest BCUT2D eigenvalue weighted by Gasteiger charge is -2.20. The van der Waals surface area contributed by atoms with Gasteiger partial charge in [0, 0.05) is 5.92 Å². The number of carbonyl (C=O) groups is 1. The fourth-order valence-electron chi connectivity index (χ4n) is 1.86. The topological polar surface area (TPSA) is 61.1 Å². The van der Waals surface area contributed by atoms with Crippen LogP contribution in [0.5, 0.6) is 0 Å². The fourth-order valence-corrected chi connectivity index (χ4v) is 1.86. The normalized spacial score (nSPS) is 14.6. The lowest BCUT2D eigenvalue weighted by Crippen LogP contribution is -2.18. The Labute approximate surface area is 108 Å². The molecule has 0 saturated carbocycles. The van der Waals surface area contributed by atoms with E-state index >= 15 is 0 Å². The summed E-state index contributed by atoms with van der Waals surface area (Å²) in [7, 11) is 0. The van der Waals surface area contributed by atoms with E-state index in [-0.39, 0.29) is 11.3 Å². The molecule has 0 heterocycles. The Hall–Kier alpha value is -1.82. The monoisotopic (exact) mass is 245 g/mol. The van der Waals surface area contributed by atoms with Crippen molar-refractivity contribution >= 4 is 5.97 Å². The van der Waals surface area contributed by atoms with Gasteiger partial charge in [0.2, 0.25) is 0 Å². The van der Waals surface area contributed by atoms with Gasteiger partial charge < -0.3 is 5.11 Å². The first-order valence-corrected chi connectivity index (χ1v) is 6.00. The molecule has 2 unspecified atom stereocenters. The van der Waals surface area contributed by atoms with E-state index in [2.05, 4.69) is 20.8 Å². The van der Waals surface area contributed by atoms with Crippen LogP contribution < -0.4 is 0 Å². The molecule has 2 atom stereocenters. The summed E-state index contributed by atoms with van der Waals surface area (Å²) in [5.41, 5.74) is 2.16. The van der Waals surface area contributed by atoms with Crippen molar-refractivity contribution in [3.8, 4) is 6.07 Å². The Bertz CT molecular complexity index is 463. The van der Waals surface area contributed by atoms with Crippen LogP contribution in [-0.4, -0.2) is 11.1 Å². The standard InChI is InChI=1S/C15H19NO2/c1-10(13(9-16)14(17)18)11-5-7-12(8-6-11)15(2,3)4/h5-8,10,13H,1-4H3,(H,17,18). The second-order valence-corrected chi connectivity index (χ2v) is 5.61. The van der Waals surface area contributed by atoms with Crippen molar-refractivity contribution in [2.45, 2.75) is 39.0 Å². The van der Waals surface area contributed by atoms with Crippen LogP contribution in [0, 0.1) is 17.2 Å². The molecule has 0 aliphatic heterocycles. The number of nitrogens with zero attached hydrogens (tertiary/aromatic N) is 1. The number of carboxylic acid groups (broad SMARTS) is 1. The number of aliphatic carboxylic acids is 1. The second-order valence-electron chi connectivity index (χ2n) is 5.61. The molecule has 0 radical (unpaired) electrons. The summed E-state index contributed by atoms with van der Waals surface area (Å²) in [6.07, 6.45) is 0. The highest BCUT2D eigenvalue weighted by Crippen LogP contribution is 2.27. The zero-order valence-corrected chi connectivity index (χ0v) is 11.3. The van der Waals surface area contributed by atoms with Crippen LogP contribution in [-0.2, 0) is 10.2 Å². The van der Waals surface area contributed by atoms with Crippen molar-refractivity contribution in [1.82, 2.24) is 0 Å². The molecule has 1 aromatic carbocycles. The summed E-state index contributed by atoms with van der Waals surface area (Å²) < 4.78 is 0. The molecule has 0 saturated heterocycles. The minimum absolute atomic E-state index is 0.0726. The van der Waals surface area contributed by atoms with Gasteiger partial charge in [0.15, 0.2) is 0 Å². The molecule has 0 aliphatic carbocycles. The molecule has 0 bridgehead atoms. The predicted octanol–water partition coefficient (Wildman–Crippen LogP) is 3.31. The first kappa shape index (κ1) is 14.2. The predicted molar refractivity (Wildman–Crippen MR) is 70.3 cm³/mol. The van der Waals surface area contributed by atoms with Crippen molar-refractivity contribution in [3.63, 3.8) is 0 Å². The van der Waals surface area contributed by atoms with Crippen molar-refractivity contribution in [2.24, 2.45) is 5.92 Å². The van der Waals surface area contributed by atoms with Gasteiger partial charge in [-0.3, -0.25) is 4.79 Å². The molecule has 0 aromatic heterocycles. The fraction of sp³-hybridized carbons (Fsp3) is 0.467. The lowest BCUT2D eigenvalue weighted by molar-refractivity contribution is -0.140. The van der Waals surface area contributed by atoms with E-state index in [1.807, 2.05) is 30.3 Å². The number of benzene rings is 1. The first-order valence-electron chi connectivity index (χ1n) is 6.00. The third kappa shape index (κ3) is 3.10. The van der Waals surface area contributed by atoms with Crippen molar-refractivity contribution in [1.29, 1.82) is 5.26 Å². The van der Waals surface area contributed by atoms with Gasteiger partial charge >= 0.3 is 5.97 Å². The maximum atomic E-state index is 10.9. The molecule has 3 nitrogen and oxygen atoms in total. The molecule has 1 rings (SSSR count). The molecular weight excluding hydrogens is 226 g/mol. The Kier molecular flexibility index (Phi) is 4.13. The lowest BCUT2D eigenvalue weighted by atomic mass is 9.83. The second kappa shape index (κ2) is 5.22. The summed E-state index contributed by atoms with van der Waals surface area (Å²) in [6.45, 7) is 8.15. The van der Waals surface area contributed by atoms with Gasteiger partial charge in [-0.15, -0.1) is 0 Å². The minimum Gasteiger partial charge on any atom is -0.480 e. The quantitative estimate of drug-likeness (QED) is 0.888. The number of hydrogen-bond donors (Lipinski definition) is 1. The first-order chi connectivity index (χ1) is 8.27. The van der Waals surface area contributed by atoms with Gasteiger partial charge in [-0.05, 0) is 16.5 Å². The van der Waals surface area contributed by atoms with Gasteiger partial charge in [0.1, 0.15) is 5.92 Å². The summed E-state index contributed by atoms with van der Waals surface area (Å²) >= 11 is 0. The average Bonchev–Trinajstić information content (AvgIpc) is 2.28. The van der Waals surface area contributed by atoms with Crippen LogP contribution in [0.25, 0.3) is 0 Å². The highest BCUT2D eigenvalue weighted by molar-refractivity contribution is 5.74. The Morgan fingerprint density at radius 2 is 1.78 bits per heavy atom. The maximum absolute atomic E-state index is 10.9. The number of nitriles is 1. The molecule has 96 valence electrons. The van der Waals surface area contributed by atoms with Crippen LogP contribution in [0.2, 0.25) is 0 Å². The molecule has 1 N–H and O–H groups in total. The van der Waals surface area contributed by atoms with E-state index in [1.165, 1.54) is 5.56 Å². The van der Waals surface area contributed by atoms with Gasteiger partial charge in [-0.1, -0.05) is 52.0 Å². The van der Waals surface area contributed by atoms with Gasteiger partial charge in [0.05, 0.1) is 6.07 Å². The number of rotatable bonds is 3. The molecule has 18 heavy (non-hydrogen) atoms. The molecule has 0 amide bonds. The van der Waals surface area contributed by atoms with Gasteiger partial charge in [-0.2, -0.15) is 5.26 Å². The Morgan fingerprint density at radius 1 is 1.28 bits per heavy atom. The van der Waals surface area contributed by atoms with Crippen molar-refractivity contribution < 1.29 is 9.90 Å². The van der Waals surface area contributed by atoms with E-state index in [1.54, 1.807) is 6.92 Å². The van der Waals surface area contributed by atoms with Crippen LogP contribution in [0.4, 0.5) is 0 Å². The largest absolute Gasteiger partial charge is 0.480 e. The third-order valence-corrected chi connectivity index (χ3v) is 3.21. The Morgan fingerprint density at radius 3 is 2.11 bits per heavy atom. The molecule has 0 spiro atoms. The minimum atomic E-state index is -1.06. The van der Waals surface area contributed by atoms with Gasteiger partial charge in [-0.25, -0.2) is 0 Å². The highest BCUT2D eigenvalue weighted by Gasteiger charge is 2.25. The number of hydrogen-bond acceptors (Lipinski definition) is 2. The smallest absolute Gasteiger partial charge is 0.321 e. The van der Waals surface area contributed by atoms with E-state index in [9.17, 15) is 4.79 Å². The summed E-state index contributed by atoms with van der Waals surface area (Å²) in [4.78, 5) is 10.9. The van der Waals surface area contributed by atoms with E-state index in [0.717, 1.165) is 5.56 Å². The molecule has 3 heteroatoms. The zero-order valence-electron chi connectivity index (χ0n) is 11.3. The zero-order chi connectivity index (χ0) is 13.9.